The predicted octanol–water partition coefficient (Wildman–Crippen LogP) is -0.988. The van der Waals surface area contributed by atoms with Gasteiger partial charge in [-0.1, -0.05) is 0 Å². The second kappa shape index (κ2) is 8.73. The number of nitrogens with zero attached hydrogens (tertiary/aromatic N) is 2. The van der Waals surface area contributed by atoms with Crippen molar-refractivity contribution < 1.29 is 44.0 Å². The molecule has 13 nitrogen and oxygen atoms in total. The first-order valence-electron chi connectivity index (χ1n) is 7.56. The zero-order chi connectivity index (χ0) is 18.4. The lowest BCUT2D eigenvalue weighted by Crippen LogP contribution is -2.34. The summed E-state index contributed by atoms with van der Waals surface area (Å²) in [6.07, 6.45) is -3.52. The van der Waals surface area contributed by atoms with Gasteiger partial charge in [-0.3, -0.25) is 4.79 Å². The molecule has 2 aliphatic rings. The van der Waals surface area contributed by atoms with Gasteiger partial charge in [0.1, 0.15) is 31.0 Å². The van der Waals surface area contributed by atoms with E-state index in [1.807, 2.05) is 0 Å². The quantitative estimate of drug-likeness (QED) is 0.286. The van der Waals surface area contributed by atoms with Crippen molar-refractivity contribution in [1.29, 1.82) is 0 Å². The van der Waals surface area contributed by atoms with E-state index in [2.05, 4.69) is 9.68 Å². The Bertz CT molecular complexity index is 501. The van der Waals surface area contributed by atoms with Crippen LogP contribution in [0.3, 0.4) is 0 Å². The lowest BCUT2D eigenvalue weighted by molar-refractivity contribution is -0.790. The molecule has 2 saturated heterocycles. The molecule has 2 aliphatic heterocycles. The number of aliphatic hydroxyl groups is 1. The highest BCUT2D eigenvalue weighted by Gasteiger charge is 2.48. The standard InChI is InChI=1S/C12H18N2O11/c15-8-5-21-12-9(6-22-11(8)12)24-10(16)3-1-2-7(25-14(19)20)4-23-13(17)18/h7-9,11-12,15H,1-6H2/t7?,8?,9?,11-,12-/m1/s1. The summed E-state index contributed by atoms with van der Waals surface area (Å²) >= 11 is 0. The Balaban J connectivity index is 1.69. The largest absolute Gasteiger partial charge is 0.457 e. The first-order chi connectivity index (χ1) is 11.9. The molecular formula is C12H18N2O11. The van der Waals surface area contributed by atoms with Crippen molar-refractivity contribution in [3.8, 4) is 0 Å². The van der Waals surface area contributed by atoms with Gasteiger partial charge in [-0.25, -0.2) is 0 Å². The molecule has 0 bridgehead atoms. The molecule has 1 N–H and O–H groups in total. The van der Waals surface area contributed by atoms with E-state index in [1.165, 1.54) is 0 Å². The van der Waals surface area contributed by atoms with Crippen LogP contribution in [0.2, 0.25) is 0 Å². The summed E-state index contributed by atoms with van der Waals surface area (Å²) in [5.74, 6) is -0.575. The fraction of sp³-hybridized carbons (Fsp3) is 0.917. The Morgan fingerprint density at radius 1 is 1.20 bits per heavy atom. The van der Waals surface area contributed by atoms with E-state index < -0.39 is 53.3 Å². The van der Waals surface area contributed by atoms with Gasteiger partial charge < -0.3 is 29.0 Å². The zero-order valence-electron chi connectivity index (χ0n) is 13.1. The van der Waals surface area contributed by atoms with Crippen LogP contribution in [0.4, 0.5) is 0 Å². The van der Waals surface area contributed by atoms with Crippen molar-refractivity contribution in [2.24, 2.45) is 0 Å². The summed E-state index contributed by atoms with van der Waals surface area (Å²) in [6, 6.07) is 0. The van der Waals surface area contributed by atoms with E-state index in [9.17, 15) is 30.1 Å². The second-order valence-electron chi connectivity index (χ2n) is 5.55. The second-order valence-corrected chi connectivity index (χ2v) is 5.55. The monoisotopic (exact) mass is 366 g/mol. The van der Waals surface area contributed by atoms with Crippen LogP contribution in [0.1, 0.15) is 19.3 Å². The summed E-state index contributed by atoms with van der Waals surface area (Å²) < 4.78 is 15.9. The van der Waals surface area contributed by atoms with E-state index in [-0.39, 0.29) is 32.5 Å². The molecule has 0 saturated carbocycles. The van der Waals surface area contributed by atoms with Crippen molar-refractivity contribution in [3.63, 3.8) is 0 Å². The first kappa shape index (κ1) is 19.1. The van der Waals surface area contributed by atoms with Gasteiger partial charge in [0.25, 0.3) is 10.2 Å². The van der Waals surface area contributed by atoms with E-state index in [4.69, 9.17) is 14.2 Å². The van der Waals surface area contributed by atoms with Crippen molar-refractivity contribution in [3.05, 3.63) is 20.2 Å². The maximum atomic E-state index is 11.8. The minimum atomic E-state index is -1.17. The highest BCUT2D eigenvalue weighted by molar-refractivity contribution is 5.69. The van der Waals surface area contributed by atoms with Gasteiger partial charge in [0.15, 0.2) is 6.10 Å². The molecule has 2 heterocycles. The van der Waals surface area contributed by atoms with Crippen LogP contribution in [0.15, 0.2) is 0 Å². The fourth-order valence-electron chi connectivity index (χ4n) is 2.68. The van der Waals surface area contributed by atoms with Crippen LogP contribution in [0.25, 0.3) is 0 Å². The Labute approximate surface area is 140 Å². The average Bonchev–Trinajstić information content (AvgIpc) is 3.08. The molecule has 142 valence electrons. The minimum Gasteiger partial charge on any atom is -0.457 e. The fourth-order valence-corrected chi connectivity index (χ4v) is 2.68. The maximum absolute atomic E-state index is 11.8. The molecule has 0 aliphatic carbocycles. The van der Waals surface area contributed by atoms with Crippen molar-refractivity contribution in [2.75, 3.05) is 19.8 Å². The van der Waals surface area contributed by atoms with Crippen LogP contribution < -0.4 is 0 Å². The molecule has 2 rings (SSSR count). The summed E-state index contributed by atoms with van der Waals surface area (Å²) in [4.78, 5) is 40.6. The van der Waals surface area contributed by atoms with Gasteiger partial charge in [0.2, 0.25) is 0 Å². The van der Waals surface area contributed by atoms with Crippen molar-refractivity contribution >= 4 is 5.97 Å². The van der Waals surface area contributed by atoms with Crippen molar-refractivity contribution in [1.82, 2.24) is 0 Å². The number of esters is 1. The summed E-state index contributed by atoms with van der Waals surface area (Å²) in [5, 5.41) is 27.9. The molecule has 13 heteroatoms. The molecule has 0 aromatic heterocycles. The molecule has 0 radical (unpaired) electrons. The van der Waals surface area contributed by atoms with E-state index >= 15 is 0 Å². The zero-order valence-corrected chi connectivity index (χ0v) is 13.1. The molecule has 0 aromatic rings. The molecule has 25 heavy (non-hydrogen) atoms. The highest BCUT2D eigenvalue weighted by atomic mass is 17.0. The average molecular weight is 366 g/mol. The maximum Gasteiger partial charge on any atom is 0.306 e. The number of ether oxygens (including phenoxy) is 3. The van der Waals surface area contributed by atoms with Gasteiger partial charge in [0.05, 0.1) is 13.2 Å². The van der Waals surface area contributed by atoms with Crippen LogP contribution in [0.5, 0.6) is 0 Å². The third-order valence-electron chi connectivity index (χ3n) is 3.77. The summed E-state index contributed by atoms with van der Waals surface area (Å²) in [7, 11) is 0. The number of aliphatic hydroxyl groups excluding tert-OH is 1. The summed E-state index contributed by atoms with van der Waals surface area (Å²) in [5.41, 5.74) is 0. The van der Waals surface area contributed by atoms with Gasteiger partial charge >= 0.3 is 5.97 Å². The number of rotatable bonds is 10. The van der Waals surface area contributed by atoms with Gasteiger partial charge in [0, 0.05) is 6.42 Å². The number of fused-ring (bicyclic) bond motifs is 1. The predicted molar refractivity (Wildman–Crippen MR) is 74.0 cm³/mol. The smallest absolute Gasteiger partial charge is 0.306 e. The topological polar surface area (TPSA) is 170 Å². The lowest BCUT2D eigenvalue weighted by atomic mass is 10.1. The van der Waals surface area contributed by atoms with Crippen LogP contribution in [-0.4, -0.2) is 71.6 Å². The lowest BCUT2D eigenvalue weighted by Gasteiger charge is -2.17. The molecule has 5 atom stereocenters. The van der Waals surface area contributed by atoms with Crippen LogP contribution in [-0.2, 0) is 28.7 Å². The third kappa shape index (κ3) is 5.65. The molecule has 3 unspecified atom stereocenters. The number of carbonyl (C=O) groups is 1. The van der Waals surface area contributed by atoms with E-state index in [1.54, 1.807) is 0 Å². The number of hydrogen-bond donors (Lipinski definition) is 1. The Morgan fingerprint density at radius 2 is 1.92 bits per heavy atom. The van der Waals surface area contributed by atoms with Gasteiger partial charge in [-0.2, -0.15) is 0 Å². The number of carbonyl (C=O) groups excluding carboxylic acids is 1. The number of hydrogen-bond acceptors (Lipinski definition) is 11. The molecular weight excluding hydrogens is 348 g/mol. The normalized spacial score (nSPS) is 28.8. The Morgan fingerprint density at radius 3 is 2.60 bits per heavy atom. The third-order valence-corrected chi connectivity index (χ3v) is 3.77. The SMILES string of the molecule is O=C(CCCC(CO[N+](=O)[O-])O[N+](=O)[O-])OC1CO[C@@H]2C(O)CO[C@H]12. The van der Waals surface area contributed by atoms with Crippen molar-refractivity contribution in [2.45, 2.75) is 49.8 Å². The molecule has 0 spiro atoms. The van der Waals surface area contributed by atoms with Crippen LogP contribution >= 0.6 is 0 Å². The Kier molecular flexibility index (Phi) is 6.66. The minimum absolute atomic E-state index is 0.00759. The van der Waals surface area contributed by atoms with Gasteiger partial charge in [-0.05, 0) is 12.8 Å². The molecule has 2 fully saturated rings. The summed E-state index contributed by atoms with van der Waals surface area (Å²) in [6.45, 7) is -0.392. The Hall–Kier alpha value is -2.25. The van der Waals surface area contributed by atoms with Crippen LogP contribution in [0, 0.1) is 20.2 Å². The highest BCUT2D eigenvalue weighted by Crippen LogP contribution is 2.29. The molecule has 0 aromatic carbocycles. The van der Waals surface area contributed by atoms with E-state index in [0.29, 0.717) is 0 Å². The van der Waals surface area contributed by atoms with E-state index in [0.717, 1.165) is 0 Å². The van der Waals surface area contributed by atoms with Gasteiger partial charge in [-0.15, -0.1) is 20.2 Å². The molecule has 0 amide bonds. The first-order valence-corrected chi connectivity index (χ1v) is 7.56.